The molecule has 0 unspecified atom stereocenters. The van der Waals surface area contributed by atoms with E-state index in [4.69, 9.17) is 0 Å². The van der Waals surface area contributed by atoms with Crippen molar-refractivity contribution in [3.05, 3.63) is 35.6 Å². The normalized spacial score (nSPS) is 18.3. The summed E-state index contributed by atoms with van der Waals surface area (Å²) in [6, 6.07) is 2.20. The summed E-state index contributed by atoms with van der Waals surface area (Å²) in [6.45, 7) is 2.39. The topological polar surface area (TPSA) is 134 Å². The molecule has 1 fully saturated rings. The van der Waals surface area contributed by atoms with E-state index in [1.54, 1.807) is 13.8 Å². The molecule has 0 spiro atoms. The lowest BCUT2D eigenvalue weighted by molar-refractivity contribution is -0.321. The van der Waals surface area contributed by atoms with Crippen molar-refractivity contribution in [3.63, 3.8) is 0 Å². The number of carbonyl (C=O) groups excluding carboxylic acids is 4. The fourth-order valence-corrected chi connectivity index (χ4v) is 3.74. The number of carbonyl (C=O) groups is 4. The number of halogens is 4. The maximum atomic E-state index is 14.0. The average molecular weight is 519 g/mol. The summed E-state index contributed by atoms with van der Waals surface area (Å²) in [5.74, 6) is -5.24. The summed E-state index contributed by atoms with van der Waals surface area (Å²) in [4.78, 5) is 50.0. The van der Waals surface area contributed by atoms with Crippen molar-refractivity contribution < 1.29 is 46.6 Å². The van der Waals surface area contributed by atoms with E-state index in [1.165, 1.54) is 18.2 Å². The molecular formula is C23H29F4N3O6. The summed E-state index contributed by atoms with van der Waals surface area (Å²) in [6.07, 6.45) is -6.93. The molecule has 9 nitrogen and oxygen atoms in total. The second kappa shape index (κ2) is 12.8. The van der Waals surface area contributed by atoms with Gasteiger partial charge in [0.2, 0.25) is 11.8 Å². The largest absolute Gasteiger partial charge is 0.522 e. The van der Waals surface area contributed by atoms with Gasteiger partial charge in [-0.05, 0) is 31.2 Å². The quantitative estimate of drug-likeness (QED) is 0.310. The molecule has 36 heavy (non-hydrogen) atoms. The molecule has 0 aromatic heterocycles. The van der Waals surface area contributed by atoms with E-state index >= 15 is 0 Å². The molecule has 0 bridgehead atoms. The van der Waals surface area contributed by atoms with Gasteiger partial charge in [-0.1, -0.05) is 32.0 Å². The highest BCUT2D eigenvalue weighted by Gasteiger charge is 2.36. The fraction of sp³-hybridized carbons (Fsp3) is 0.565. The lowest BCUT2D eigenvalue weighted by atomic mass is 9.95. The maximum absolute atomic E-state index is 14.0. The Bertz CT molecular complexity index is 956. The second-order valence-corrected chi connectivity index (χ2v) is 8.89. The van der Waals surface area contributed by atoms with Crippen LogP contribution < -0.4 is 16.0 Å². The third-order valence-corrected chi connectivity index (χ3v) is 5.55. The number of aliphatic hydroxyl groups excluding tert-OH is 1. The summed E-state index contributed by atoms with van der Waals surface area (Å²) < 4.78 is 54.9. The monoisotopic (exact) mass is 519 g/mol. The highest BCUT2D eigenvalue weighted by molar-refractivity contribution is 5.94. The zero-order chi connectivity index (χ0) is 27.0. The Balaban J connectivity index is 2.17. The van der Waals surface area contributed by atoms with Crippen LogP contribution in [0, 0.1) is 17.7 Å². The van der Waals surface area contributed by atoms with Crippen LogP contribution >= 0.6 is 0 Å². The van der Waals surface area contributed by atoms with Crippen molar-refractivity contribution in [3.8, 4) is 0 Å². The molecule has 13 heteroatoms. The zero-order valence-corrected chi connectivity index (χ0v) is 19.7. The number of hydrogen-bond donors (Lipinski definition) is 4. The first-order valence-corrected chi connectivity index (χ1v) is 11.3. The highest BCUT2D eigenvalue weighted by atomic mass is 19.4. The molecule has 1 saturated heterocycles. The lowest BCUT2D eigenvalue weighted by Gasteiger charge is -2.26. The van der Waals surface area contributed by atoms with E-state index in [9.17, 15) is 41.8 Å². The van der Waals surface area contributed by atoms with Gasteiger partial charge in [0.05, 0.1) is 6.04 Å². The minimum Gasteiger partial charge on any atom is -0.378 e. The van der Waals surface area contributed by atoms with Gasteiger partial charge in [0.25, 0.3) is 5.91 Å². The van der Waals surface area contributed by atoms with Crippen LogP contribution in [-0.2, 0) is 23.9 Å². The van der Waals surface area contributed by atoms with Crippen LogP contribution in [0.1, 0.15) is 44.8 Å². The number of hydrogen-bond acceptors (Lipinski definition) is 6. The number of ketones is 1. The standard InChI is InChI=1S/C23H29F4N3O6/c1-12(2)9-17(30-22(35)19(32)14-5-3-4-6-15(14)24)21(34)29-16(10-13-7-8-28-20(13)33)18(31)11-36-23(25,26)27/h3-6,12-13,16-17,19,32H,7-11H2,1-2H3,(H,28,33)(H,29,34)(H,30,35)/t13-,16-,17-,19+/m0/s1. The maximum Gasteiger partial charge on any atom is 0.522 e. The van der Waals surface area contributed by atoms with E-state index in [-0.39, 0.29) is 24.3 Å². The third kappa shape index (κ3) is 8.86. The molecule has 0 radical (unpaired) electrons. The average Bonchev–Trinajstić information content (AvgIpc) is 3.19. The van der Waals surface area contributed by atoms with Gasteiger partial charge in [0.15, 0.2) is 11.9 Å². The third-order valence-electron chi connectivity index (χ3n) is 5.55. The number of amides is 3. The Kier molecular flexibility index (Phi) is 10.3. The molecule has 1 heterocycles. The van der Waals surface area contributed by atoms with Crippen molar-refractivity contribution in [2.75, 3.05) is 13.2 Å². The number of rotatable bonds is 12. The van der Waals surface area contributed by atoms with Crippen molar-refractivity contribution in [2.45, 2.75) is 57.7 Å². The molecule has 200 valence electrons. The highest BCUT2D eigenvalue weighted by Crippen LogP contribution is 2.21. The van der Waals surface area contributed by atoms with Crippen molar-refractivity contribution in [1.82, 2.24) is 16.0 Å². The number of ether oxygens (including phenoxy) is 1. The molecular weight excluding hydrogens is 490 g/mol. The molecule has 1 aliphatic heterocycles. The van der Waals surface area contributed by atoms with Crippen LogP contribution in [0.5, 0.6) is 0 Å². The van der Waals surface area contributed by atoms with E-state index < -0.39 is 66.4 Å². The lowest BCUT2D eigenvalue weighted by Crippen LogP contribution is -2.54. The molecule has 1 aromatic rings. The molecule has 4 N–H and O–H groups in total. The molecule has 1 aliphatic rings. The number of nitrogens with one attached hydrogen (secondary N) is 3. The second-order valence-electron chi connectivity index (χ2n) is 8.89. The Hall–Kier alpha value is -3.06. The van der Waals surface area contributed by atoms with Gasteiger partial charge in [0.1, 0.15) is 18.5 Å². The van der Waals surface area contributed by atoms with Gasteiger partial charge >= 0.3 is 6.36 Å². The van der Waals surface area contributed by atoms with Gasteiger partial charge in [-0.25, -0.2) is 4.39 Å². The molecule has 2 rings (SSSR count). The van der Waals surface area contributed by atoms with Crippen LogP contribution in [0.4, 0.5) is 17.6 Å². The summed E-state index contributed by atoms with van der Waals surface area (Å²) in [7, 11) is 0. The fourth-order valence-electron chi connectivity index (χ4n) is 3.74. The van der Waals surface area contributed by atoms with E-state index in [0.717, 1.165) is 6.07 Å². The molecule has 1 aromatic carbocycles. The zero-order valence-electron chi connectivity index (χ0n) is 19.7. The van der Waals surface area contributed by atoms with Crippen LogP contribution in [0.15, 0.2) is 24.3 Å². The summed E-state index contributed by atoms with van der Waals surface area (Å²) in [5.41, 5.74) is -0.316. The van der Waals surface area contributed by atoms with Crippen LogP contribution in [0.25, 0.3) is 0 Å². The van der Waals surface area contributed by atoms with Crippen LogP contribution in [-0.4, -0.2) is 60.2 Å². The summed E-state index contributed by atoms with van der Waals surface area (Å²) >= 11 is 0. The van der Waals surface area contributed by atoms with E-state index in [0.29, 0.717) is 13.0 Å². The predicted octanol–water partition coefficient (Wildman–Crippen LogP) is 1.51. The first-order chi connectivity index (χ1) is 16.8. The number of alkyl halides is 3. The molecule has 0 aliphatic carbocycles. The Morgan fingerprint density at radius 2 is 1.78 bits per heavy atom. The minimum absolute atomic E-state index is 0.0332. The van der Waals surface area contributed by atoms with E-state index in [2.05, 4.69) is 20.7 Å². The van der Waals surface area contributed by atoms with E-state index in [1.807, 2.05) is 0 Å². The Morgan fingerprint density at radius 3 is 2.33 bits per heavy atom. The van der Waals surface area contributed by atoms with Crippen LogP contribution in [0.2, 0.25) is 0 Å². The number of aliphatic hydroxyl groups is 1. The van der Waals surface area contributed by atoms with Gasteiger partial charge < -0.3 is 21.1 Å². The van der Waals surface area contributed by atoms with Gasteiger partial charge in [-0.3, -0.25) is 23.9 Å². The Morgan fingerprint density at radius 1 is 1.14 bits per heavy atom. The van der Waals surface area contributed by atoms with Crippen molar-refractivity contribution in [1.29, 1.82) is 0 Å². The first-order valence-electron chi connectivity index (χ1n) is 11.3. The smallest absolute Gasteiger partial charge is 0.378 e. The predicted molar refractivity (Wildman–Crippen MR) is 117 cm³/mol. The van der Waals surface area contributed by atoms with Crippen molar-refractivity contribution >= 4 is 23.5 Å². The van der Waals surface area contributed by atoms with Gasteiger partial charge in [-0.15, -0.1) is 13.2 Å². The van der Waals surface area contributed by atoms with Crippen LogP contribution in [0.3, 0.4) is 0 Å². The number of Topliss-reactive ketones (excluding diaryl/α,β-unsaturated/α-hetero) is 1. The molecule has 0 saturated carbocycles. The van der Waals surface area contributed by atoms with Crippen molar-refractivity contribution in [2.24, 2.45) is 11.8 Å². The molecule has 4 atom stereocenters. The first kappa shape index (κ1) is 29.2. The summed E-state index contributed by atoms with van der Waals surface area (Å²) in [5, 5.41) is 17.4. The Labute approximate surface area is 204 Å². The van der Waals surface area contributed by atoms with Gasteiger partial charge in [0, 0.05) is 18.0 Å². The minimum atomic E-state index is -5.08. The molecule has 3 amide bonds. The number of benzene rings is 1. The van der Waals surface area contributed by atoms with Gasteiger partial charge in [-0.2, -0.15) is 0 Å². The SMILES string of the molecule is CC(C)C[C@H](NC(=O)[C@H](O)c1ccccc1F)C(=O)N[C@@H](C[C@@H]1CCNC1=O)C(=O)COC(F)(F)F.